The predicted molar refractivity (Wildman–Crippen MR) is 56.5 cm³/mol. The van der Waals surface area contributed by atoms with Crippen LogP contribution in [-0.4, -0.2) is 40.3 Å². The molecule has 0 N–H and O–H groups in total. The Hall–Kier alpha value is -2.05. The van der Waals surface area contributed by atoms with Crippen LogP contribution in [0.15, 0.2) is 0 Å². The minimum atomic E-state index is -0.717. The molecule has 0 aliphatic rings. The fourth-order valence-electron chi connectivity index (χ4n) is 1.05. The maximum absolute atomic E-state index is 11.5. The van der Waals surface area contributed by atoms with Crippen molar-refractivity contribution < 1.29 is 19.1 Å². The van der Waals surface area contributed by atoms with E-state index in [1.54, 1.807) is 20.8 Å². The summed E-state index contributed by atoms with van der Waals surface area (Å²) in [5.41, 5.74) is 0.279. The van der Waals surface area contributed by atoms with Gasteiger partial charge in [0.1, 0.15) is 0 Å². The number of rotatable bonds is 4. The molecular weight excluding hydrogens is 226 g/mol. The van der Waals surface area contributed by atoms with Crippen LogP contribution in [0.25, 0.3) is 0 Å². The molecule has 1 heterocycles. The Morgan fingerprint density at radius 3 is 2.24 bits per heavy atom. The normalized spacial score (nSPS) is 9.82. The van der Waals surface area contributed by atoms with Gasteiger partial charge < -0.3 is 9.47 Å². The van der Waals surface area contributed by atoms with Crippen molar-refractivity contribution in [2.24, 2.45) is 0 Å². The van der Waals surface area contributed by atoms with Gasteiger partial charge in [-0.3, -0.25) is 0 Å². The molecule has 0 aliphatic heterocycles. The lowest BCUT2D eigenvalue weighted by molar-refractivity contribution is 0.0502. The van der Waals surface area contributed by atoms with E-state index in [0.717, 1.165) is 0 Å². The Morgan fingerprint density at radius 1 is 1.06 bits per heavy atom. The Labute approximate surface area is 98.2 Å². The number of hydrogen-bond acceptors (Lipinski definition) is 7. The number of ether oxygens (including phenoxy) is 2. The highest BCUT2D eigenvalue weighted by molar-refractivity contribution is 5.90. The molecule has 17 heavy (non-hydrogen) atoms. The molecule has 1 aromatic heterocycles. The second-order valence-corrected chi connectivity index (χ2v) is 3.01. The Morgan fingerprint density at radius 2 is 1.65 bits per heavy atom. The van der Waals surface area contributed by atoms with Crippen molar-refractivity contribution in [3.8, 4) is 0 Å². The second-order valence-electron chi connectivity index (χ2n) is 3.01. The summed E-state index contributed by atoms with van der Waals surface area (Å²) in [5, 5.41) is 7.23. The van der Waals surface area contributed by atoms with Gasteiger partial charge in [0.2, 0.25) is 0 Å². The summed E-state index contributed by atoms with van der Waals surface area (Å²) in [4.78, 5) is 26.6. The van der Waals surface area contributed by atoms with Gasteiger partial charge in [-0.05, 0) is 20.8 Å². The van der Waals surface area contributed by atoms with E-state index in [4.69, 9.17) is 9.47 Å². The minimum absolute atomic E-state index is 0.0232. The summed E-state index contributed by atoms with van der Waals surface area (Å²) in [6.07, 6.45) is 0. The molecule has 0 bridgehead atoms. The summed E-state index contributed by atoms with van der Waals surface area (Å²) < 4.78 is 9.49. The lowest BCUT2D eigenvalue weighted by Gasteiger charge is -2.04. The van der Waals surface area contributed by atoms with Crippen LogP contribution in [0.4, 0.5) is 0 Å². The van der Waals surface area contributed by atoms with Gasteiger partial charge in [0, 0.05) is 0 Å². The molecule has 1 rings (SSSR count). The molecule has 0 saturated heterocycles. The third-order valence-corrected chi connectivity index (χ3v) is 1.78. The highest BCUT2D eigenvalue weighted by Crippen LogP contribution is 2.04. The van der Waals surface area contributed by atoms with Crippen molar-refractivity contribution in [2.75, 3.05) is 13.2 Å². The van der Waals surface area contributed by atoms with Crippen molar-refractivity contribution in [3.05, 3.63) is 17.2 Å². The standard InChI is InChI=1S/C10H13N3O4/c1-4-16-9(14)7-6(3)12-13-8(11-7)10(15)17-5-2/h4-5H2,1-3H3. The van der Waals surface area contributed by atoms with Gasteiger partial charge in [0.15, 0.2) is 5.69 Å². The molecule has 0 atom stereocenters. The van der Waals surface area contributed by atoms with Gasteiger partial charge in [0.05, 0.1) is 18.9 Å². The predicted octanol–water partition coefficient (Wildman–Crippen LogP) is 0.533. The van der Waals surface area contributed by atoms with Crippen LogP contribution in [0, 0.1) is 6.92 Å². The molecular formula is C10H13N3O4. The van der Waals surface area contributed by atoms with Crippen molar-refractivity contribution in [1.29, 1.82) is 0 Å². The molecule has 0 fully saturated rings. The van der Waals surface area contributed by atoms with Crippen molar-refractivity contribution in [1.82, 2.24) is 15.2 Å². The van der Waals surface area contributed by atoms with Crippen LogP contribution >= 0.6 is 0 Å². The number of carbonyl (C=O) groups excluding carboxylic acids is 2. The molecule has 7 nitrogen and oxygen atoms in total. The van der Waals surface area contributed by atoms with Crippen LogP contribution in [-0.2, 0) is 9.47 Å². The third-order valence-electron chi connectivity index (χ3n) is 1.78. The largest absolute Gasteiger partial charge is 0.461 e. The number of aromatic nitrogens is 3. The molecule has 0 aromatic carbocycles. The molecule has 0 aliphatic carbocycles. The SMILES string of the molecule is CCOC(=O)c1nnc(C)c(C(=O)OCC)n1. The Bertz CT molecular complexity index is 434. The van der Waals surface area contributed by atoms with E-state index in [-0.39, 0.29) is 24.7 Å². The summed E-state index contributed by atoms with van der Waals surface area (Å²) in [6.45, 7) is 5.31. The minimum Gasteiger partial charge on any atom is -0.461 e. The number of hydrogen-bond donors (Lipinski definition) is 0. The Kier molecular flexibility index (Phi) is 4.50. The average Bonchev–Trinajstić information content (AvgIpc) is 2.30. The smallest absolute Gasteiger partial charge is 0.378 e. The maximum Gasteiger partial charge on any atom is 0.378 e. The van der Waals surface area contributed by atoms with Crippen molar-refractivity contribution in [3.63, 3.8) is 0 Å². The summed E-state index contributed by atoms with van der Waals surface area (Å²) in [6, 6.07) is 0. The van der Waals surface area contributed by atoms with Crippen molar-refractivity contribution >= 4 is 11.9 Å². The first kappa shape index (κ1) is 13.0. The van der Waals surface area contributed by atoms with Gasteiger partial charge >= 0.3 is 11.9 Å². The monoisotopic (exact) mass is 239 g/mol. The van der Waals surface area contributed by atoms with Crippen molar-refractivity contribution in [2.45, 2.75) is 20.8 Å². The molecule has 0 unspecified atom stereocenters. The van der Waals surface area contributed by atoms with E-state index in [2.05, 4.69) is 15.2 Å². The van der Waals surface area contributed by atoms with E-state index < -0.39 is 11.9 Å². The second kappa shape index (κ2) is 5.88. The molecule has 92 valence electrons. The molecule has 1 aromatic rings. The van der Waals surface area contributed by atoms with Gasteiger partial charge in [-0.2, -0.15) is 5.10 Å². The van der Waals surface area contributed by atoms with E-state index in [0.29, 0.717) is 5.69 Å². The number of aryl methyl sites for hydroxylation is 1. The zero-order chi connectivity index (χ0) is 12.8. The van der Waals surface area contributed by atoms with E-state index in [9.17, 15) is 9.59 Å². The first-order chi connectivity index (χ1) is 8.10. The van der Waals surface area contributed by atoms with Gasteiger partial charge in [-0.15, -0.1) is 5.10 Å². The molecule has 0 radical (unpaired) electrons. The number of nitrogens with zero attached hydrogens (tertiary/aromatic N) is 3. The fraction of sp³-hybridized carbons (Fsp3) is 0.500. The number of esters is 2. The topological polar surface area (TPSA) is 91.3 Å². The van der Waals surface area contributed by atoms with E-state index in [1.165, 1.54) is 0 Å². The summed E-state index contributed by atoms with van der Waals surface area (Å²) >= 11 is 0. The summed E-state index contributed by atoms with van der Waals surface area (Å²) in [5.74, 6) is -1.60. The zero-order valence-corrected chi connectivity index (χ0v) is 9.89. The molecule has 0 spiro atoms. The van der Waals surface area contributed by atoms with Crippen LogP contribution in [0.1, 0.15) is 40.6 Å². The number of carbonyl (C=O) groups is 2. The molecule has 7 heteroatoms. The average molecular weight is 239 g/mol. The lowest BCUT2D eigenvalue weighted by atomic mass is 10.3. The molecule has 0 amide bonds. The molecule has 0 saturated carbocycles. The van der Waals surface area contributed by atoms with Gasteiger partial charge in [-0.1, -0.05) is 0 Å². The van der Waals surface area contributed by atoms with Gasteiger partial charge in [0.25, 0.3) is 5.82 Å². The highest BCUT2D eigenvalue weighted by atomic mass is 16.5. The van der Waals surface area contributed by atoms with Gasteiger partial charge in [-0.25, -0.2) is 14.6 Å². The third kappa shape index (κ3) is 3.20. The van der Waals surface area contributed by atoms with Crippen LogP contribution in [0.3, 0.4) is 0 Å². The zero-order valence-electron chi connectivity index (χ0n) is 9.89. The fourth-order valence-corrected chi connectivity index (χ4v) is 1.05. The van der Waals surface area contributed by atoms with Crippen LogP contribution in [0.5, 0.6) is 0 Å². The lowest BCUT2D eigenvalue weighted by Crippen LogP contribution is -2.17. The Balaban J connectivity index is 3.02. The first-order valence-electron chi connectivity index (χ1n) is 5.15. The van der Waals surface area contributed by atoms with E-state index >= 15 is 0 Å². The summed E-state index contributed by atoms with van der Waals surface area (Å²) in [7, 11) is 0. The first-order valence-corrected chi connectivity index (χ1v) is 5.15. The van der Waals surface area contributed by atoms with E-state index in [1.807, 2.05) is 0 Å². The maximum atomic E-state index is 11.5. The van der Waals surface area contributed by atoms with Crippen LogP contribution in [0.2, 0.25) is 0 Å². The highest BCUT2D eigenvalue weighted by Gasteiger charge is 2.19. The quantitative estimate of drug-likeness (QED) is 0.708. The van der Waals surface area contributed by atoms with Crippen LogP contribution < -0.4 is 0 Å².